The summed E-state index contributed by atoms with van der Waals surface area (Å²) in [5, 5.41) is 11.3. The number of thioether (sulfide) groups is 1. The molecular formula is C29H30FNO4S2. The van der Waals surface area contributed by atoms with Gasteiger partial charge in [-0.15, -0.1) is 0 Å². The van der Waals surface area contributed by atoms with Gasteiger partial charge in [0.15, 0.2) is 0 Å². The molecule has 0 amide bonds. The number of ether oxygens (including phenoxy) is 3. The Kier molecular flexibility index (Phi) is 8.00. The highest BCUT2D eigenvalue weighted by atomic mass is 32.2. The summed E-state index contributed by atoms with van der Waals surface area (Å²) < 4.78 is 32.4. The van der Waals surface area contributed by atoms with Crippen LogP contribution in [0.15, 0.2) is 72.8 Å². The third-order valence-electron chi connectivity index (χ3n) is 7.16. The number of fused-ring (bicyclic) bond motifs is 1. The Hall–Kier alpha value is -2.65. The molecule has 1 N–H and O–H groups in total. The molecule has 2 atom stereocenters. The average molecular weight is 540 g/mol. The van der Waals surface area contributed by atoms with Crippen molar-refractivity contribution in [3.8, 4) is 11.5 Å². The highest BCUT2D eigenvalue weighted by molar-refractivity contribution is 8.22. The summed E-state index contributed by atoms with van der Waals surface area (Å²) in [6.45, 7) is 2.22. The summed E-state index contributed by atoms with van der Waals surface area (Å²) in [6, 6.07) is 22.0. The molecule has 2 aliphatic rings. The Morgan fingerprint density at radius 1 is 1.11 bits per heavy atom. The molecule has 0 radical (unpaired) electrons. The maximum absolute atomic E-state index is 13.4. The highest BCUT2D eigenvalue weighted by Crippen LogP contribution is 2.42. The minimum absolute atomic E-state index is 0.0635. The highest BCUT2D eigenvalue weighted by Gasteiger charge is 2.42. The number of hydrogen-bond acceptors (Lipinski definition) is 7. The summed E-state index contributed by atoms with van der Waals surface area (Å²) >= 11 is 6.84. The predicted octanol–water partition coefficient (Wildman–Crippen LogP) is 5.85. The minimum Gasteiger partial charge on any atom is -0.491 e. The average Bonchev–Trinajstić information content (AvgIpc) is 2.93. The van der Waals surface area contributed by atoms with E-state index in [4.69, 9.17) is 26.4 Å². The molecule has 5 nitrogen and oxygen atoms in total. The van der Waals surface area contributed by atoms with Crippen LogP contribution >= 0.6 is 24.0 Å². The molecule has 1 saturated heterocycles. The number of nitrogens with zero attached hydrogens (tertiary/aromatic N) is 1. The van der Waals surface area contributed by atoms with Crippen molar-refractivity contribution in [3.05, 3.63) is 95.3 Å². The van der Waals surface area contributed by atoms with Crippen molar-refractivity contribution in [1.29, 1.82) is 0 Å². The molecule has 0 aliphatic carbocycles. The molecule has 37 heavy (non-hydrogen) atoms. The van der Waals surface area contributed by atoms with Crippen LogP contribution < -0.4 is 9.47 Å². The van der Waals surface area contributed by atoms with E-state index in [9.17, 15) is 9.50 Å². The van der Waals surface area contributed by atoms with E-state index in [-0.39, 0.29) is 18.0 Å². The fraction of sp³-hybridized carbons (Fsp3) is 0.345. The third kappa shape index (κ3) is 5.93. The van der Waals surface area contributed by atoms with Gasteiger partial charge in [-0.3, -0.25) is 4.90 Å². The van der Waals surface area contributed by atoms with E-state index >= 15 is 0 Å². The summed E-state index contributed by atoms with van der Waals surface area (Å²) in [5.74, 6) is 1.16. The lowest BCUT2D eigenvalue weighted by Gasteiger charge is -2.45. The molecule has 5 rings (SSSR count). The van der Waals surface area contributed by atoms with Crippen molar-refractivity contribution in [3.63, 3.8) is 0 Å². The third-order valence-corrected chi connectivity index (χ3v) is 8.19. The Morgan fingerprint density at radius 2 is 1.84 bits per heavy atom. The summed E-state index contributed by atoms with van der Waals surface area (Å²) in [5.41, 5.74) is 1.80. The van der Waals surface area contributed by atoms with E-state index in [2.05, 4.69) is 4.90 Å². The second-order valence-electron chi connectivity index (χ2n) is 9.42. The monoisotopic (exact) mass is 539 g/mol. The molecule has 0 spiro atoms. The molecule has 1 fully saturated rings. The van der Waals surface area contributed by atoms with Gasteiger partial charge in [-0.05, 0) is 66.7 Å². The van der Waals surface area contributed by atoms with Crippen LogP contribution in [-0.4, -0.2) is 46.4 Å². The number of thiocarbonyl (C=S) groups is 1. The van der Waals surface area contributed by atoms with Crippen molar-refractivity contribution < 1.29 is 23.7 Å². The van der Waals surface area contributed by atoms with Crippen LogP contribution in [0.1, 0.15) is 35.6 Å². The van der Waals surface area contributed by atoms with Gasteiger partial charge in [-0.25, -0.2) is 4.39 Å². The topological polar surface area (TPSA) is 51.2 Å². The Balaban J connectivity index is 1.31. The van der Waals surface area contributed by atoms with E-state index in [1.165, 1.54) is 23.9 Å². The zero-order valence-corrected chi connectivity index (χ0v) is 22.3. The van der Waals surface area contributed by atoms with Gasteiger partial charge < -0.3 is 19.3 Å². The maximum atomic E-state index is 13.4. The standard InChI is InChI=1S/C29H30FNO4S2/c1-37-28(36)35-27-24-12-11-23(33-18-20-5-3-2-4-6-20)17-26(24)34-19-25(27)31-15-13-29(32,14-16-31)21-7-9-22(30)10-8-21/h2-12,17,25,27,32H,13-16,18-19H2,1H3/t25-,27+/m1/s1. The normalized spacial score (nSPS) is 20.9. The first-order valence-corrected chi connectivity index (χ1v) is 14.0. The van der Waals surface area contributed by atoms with Gasteiger partial charge in [0.25, 0.3) is 0 Å². The lowest BCUT2D eigenvalue weighted by Crippen LogP contribution is -2.52. The minimum atomic E-state index is -0.979. The number of halogens is 1. The molecule has 3 aromatic rings. The fourth-order valence-electron chi connectivity index (χ4n) is 5.04. The van der Waals surface area contributed by atoms with Gasteiger partial charge >= 0.3 is 0 Å². The van der Waals surface area contributed by atoms with Gasteiger partial charge in [0, 0.05) is 24.7 Å². The first kappa shape index (κ1) is 26.0. The molecule has 2 heterocycles. The molecule has 0 unspecified atom stereocenters. The second-order valence-corrected chi connectivity index (χ2v) is 10.8. The smallest absolute Gasteiger partial charge is 0.220 e. The van der Waals surface area contributed by atoms with E-state index in [0.717, 1.165) is 28.2 Å². The molecule has 194 valence electrons. The van der Waals surface area contributed by atoms with Crippen LogP contribution in [-0.2, 0) is 16.9 Å². The summed E-state index contributed by atoms with van der Waals surface area (Å²) in [7, 11) is 0. The van der Waals surface area contributed by atoms with Crippen molar-refractivity contribution >= 4 is 28.4 Å². The lowest BCUT2D eigenvalue weighted by molar-refractivity contribution is -0.0629. The van der Waals surface area contributed by atoms with E-state index in [1.807, 2.05) is 54.8 Å². The molecular weight excluding hydrogens is 509 g/mol. The van der Waals surface area contributed by atoms with Crippen molar-refractivity contribution in [1.82, 2.24) is 4.90 Å². The molecule has 2 aliphatic heterocycles. The van der Waals surface area contributed by atoms with Crippen LogP contribution in [0, 0.1) is 5.82 Å². The van der Waals surface area contributed by atoms with Crippen LogP contribution in [0.2, 0.25) is 0 Å². The Morgan fingerprint density at radius 3 is 2.54 bits per heavy atom. The van der Waals surface area contributed by atoms with Crippen molar-refractivity contribution in [2.75, 3.05) is 26.0 Å². The Bertz CT molecular complexity index is 1220. The maximum Gasteiger partial charge on any atom is 0.220 e. The van der Waals surface area contributed by atoms with Crippen LogP contribution in [0.3, 0.4) is 0 Å². The number of rotatable bonds is 6. The first-order valence-electron chi connectivity index (χ1n) is 12.4. The summed E-state index contributed by atoms with van der Waals surface area (Å²) in [4.78, 5) is 2.30. The van der Waals surface area contributed by atoms with Crippen LogP contribution in [0.25, 0.3) is 0 Å². The van der Waals surface area contributed by atoms with Crippen LogP contribution in [0.4, 0.5) is 4.39 Å². The fourth-order valence-corrected chi connectivity index (χ4v) is 5.34. The molecule has 0 saturated carbocycles. The van der Waals surface area contributed by atoms with Gasteiger partial charge in [0.2, 0.25) is 4.38 Å². The predicted molar refractivity (Wildman–Crippen MR) is 148 cm³/mol. The molecule has 0 aromatic heterocycles. The number of benzene rings is 3. The SMILES string of the molecule is CSC(=S)O[C@H]1c2ccc(OCc3ccccc3)cc2OC[C@H]1N1CCC(O)(c2ccc(F)cc2)CC1. The van der Waals surface area contributed by atoms with E-state index in [0.29, 0.717) is 43.5 Å². The van der Waals surface area contributed by atoms with Crippen molar-refractivity contribution in [2.24, 2.45) is 0 Å². The number of likely N-dealkylation sites (tertiary alicyclic amines) is 1. The largest absolute Gasteiger partial charge is 0.491 e. The second kappa shape index (κ2) is 11.4. The Labute approximate surface area is 226 Å². The van der Waals surface area contributed by atoms with Gasteiger partial charge in [-0.1, -0.05) is 54.2 Å². The van der Waals surface area contributed by atoms with Crippen LogP contribution in [0.5, 0.6) is 11.5 Å². The number of piperidine rings is 1. The van der Waals surface area contributed by atoms with E-state index in [1.54, 1.807) is 12.1 Å². The van der Waals surface area contributed by atoms with Gasteiger partial charge in [0.05, 0.1) is 11.6 Å². The first-order chi connectivity index (χ1) is 17.9. The lowest BCUT2D eigenvalue weighted by atomic mass is 9.83. The van der Waals surface area contributed by atoms with Gasteiger partial charge in [0.1, 0.15) is 36.6 Å². The molecule has 8 heteroatoms. The quantitative estimate of drug-likeness (QED) is 0.394. The zero-order valence-electron chi connectivity index (χ0n) is 20.6. The zero-order chi connectivity index (χ0) is 25.8. The van der Waals surface area contributed by atoms with E-state index < -0.39 is 5.60 Å². The van der Waals surface area contributed by atoms with Crippen molar-refractivity contribution in [2.45, 2.75) is 37.2 Å². The molecule has 3 aromatic carbocycles. The summed E-state index contributed by atoms with van der Waals surface area (Å²) in [6.07, 6.45) is 2.67. The van der Waals surface area contributed by atoms with Gasteiger partial charge in [-0.2, -0.15) is 0 Å². The molecule has 0 bridgehead atoms. The number of aliphatic hydroxyl groups is 1. The number of hydrogen-bond donors (Lipinski definition) is 1.